The molecule has 0 radical (unpaired) electrons. The zero-order chi connectivity index (χ0) is 18.7. The standard InChI is InChI=1S/C21H14N2O4/c24-16-10-9-14-18(16)17(13-7-3-4-8-15(13)23(26)27)19-20(22-14)11-5-1-2-6-12(11)21(19)25/h1-8,17-18H,9-10H2. The lowest BCUT2D eigenvalue weighted by Gasteiger charge is -2.28. The first-order valence-corrected chi connectivity index (χ1v) is 8.79. The van der Waals surface area contributed by atoms with E-state index in [0.717, 1.165) is 11.3 Å². The predicted octanol–water partition coefficient (Wildman–Crippen LogP) is 3.72. The Kier molecular flexibility index (Phi) is 3.25. The van der Waals surface area contributed by atoms with Crippen LogP contribution in [0.15, 0.2) is 59.1 Å². The Labute approximate surface area is 154 Å². The number of nitro groups is 1. The fourth-order valence-electron chi connectivity index (χ4n) is 4.51. The van der Waals surface area contributed by atoms with Crippen molar-refractivity contribution in [3.8, 4) is 0 Å². The molecule has 0 amide bonds. The monoisotopic (exact) mass is 358 g/mol. The normalized spacial score (nSPS) is 23.0. The van der Waals surface area contributed by atoms with Gasteiger partial charge in [0.05, 0.1) is 16.5 Å². The summed E-state index contributed by atoms with van der Waals surface area (Å²) in [5.74, 6) is -1.45. The molecule has 5 rings (SSSR count). The summed E-state index contributed by atoms with van der Waals surface area (Å²) in [6, 6.07) is 13.6. The van der Waals surface area contributed by atoms with Gasteiger partial charge < -0.3 is 0 Å². The van der Waals surface area contributed by atoms with Crippen LogP contribution in [0.3, 0.4) is 0 Å². The number of hydrogen-bond acceptors (Lipinski definition) is 5. The van der Waals surface area contributed by atoms with Gasteiger partial charge in [0.2, 0.25) is 0 Å². The summed E-state index contributed by atoms with van der Waals surface area (Å²) in [5, 5.41) is 11.6. The Morgan fingerprint density at radius 2 is 1.63 bits per heavy atom. The Morgan fingerprint density at radius 1 is 0.926 bits per heavy atom. The minimum Gasteiger partial charge on any atom is -0.299 e. The summed E-state index contributed by atoms with van der Waals surface area (Å²) >= 11 is 0. The summed E-state index contributed by atoms with van der Waals surface area (Å²) in [6.45, 7) is 0. The molecule has 1 aliphatic heterocycles. The number of fused-ring (bicyclic) bond motifs is 3. The van der Waals surface area contributed by atoms with Gasteiger partial charge in [-0.15, -0.1) is 0 Å². The van der Waals surface area contributed by atoms with Crippen LogP contribution < -0.4 is 0 Å². The Bertz CT molecular complexity index is 1110. The zero-order valence-electron chi connectivity index (χ0n) is 14.2. The number of Topliss-reactive ketones (excluding diaryl/α,β-unsaturated/α-hetero) is 2. The van der Waals surface area contributed by atoms with Crippen LogP contribution in [0.2, 0.25) is 0 Å². The minimum atomic E-state index is -0.663. The van der Waals surface area contributed by atoms with Crippen LogP contribution in [0, 0.1) is 16.0 Å². The van der Waals surface area contributed by atoms with Crippen molar-refractivity contribution in [2.75, 3.05) is 0 Å². The lowest BCUT2D eigenvalue weighted by Crippen LogP contribution is -2.30. The van der Waals surface area contributed by atoms with Crippen molar-refractivity contribution in [1.82, 2.24) is 0 Å². The van der Waals surface area contributed by atoms with E-state index in [1.54, 1.807) is 30.3 Å². The number of ketones is 2. The van der Waals surface area contributed by atoms with E-state index in [1.807, 2.05) is 12.1 Å². The molecular weight excluding hydrogens is 344 g/mol. The molecule has 27 heavy (non-hydrogen) atoms. The second kappa shape index (κ2) is 5.54. The highest BCUT2D eigenvalue weighted by Gasteiger charge is 2.49. The number of nitro benzene ring substituents is 1. The molecule has 2 aromatic rings. The number of carbonyl (C=O) groups is 2. The Hall–Kier alpha value is -3.41. The molecule has 2 aromatic carbocycles. The fraction of sp³-hybridized carbons (Fsp3) is 0.190. The third-order valence-electron chi connectivity index (χ3n) is 5.63. The van der Waals surface area contributed by atoms with Gasteiger partial charge in [-0.25, -0.2) is 0 Å². The lowest BCUT2D eigenvalue weighted by atomic mass is 9.75. The van der Waals surface area contributed by atoms with E-state index in [9.17, 15) is 19.7 Å². The van der Waals surface area contributed by atoms with Crippen molar-refractivity contribution < 1.29 is 14.5 Å². The fourth-order valence-corrected chi connectivity index (χ4v) is 4.51. The summed E-state index contributed by atoms with van der Waals surface area (Å²) in [5.41, 5.74) is 3.33. The van der Waals surface area contributed by atoms with Gasteiger partial charge in [-0.1, -0.05) is 42.5 Å². The summed E-state index contributed by atoms with van der Waals surface area (Å²) < 4.78 is 0. The maximum Gasteiger partial charge on any atom is 0.273 e. The molecule has 0 bridgehead atoms. The molecule has 0 N–H and O–H groups in total. The number of nitrogens with zero attached hydrogens (tertiary/aromatic N) is 2. The molecule has 0 saturated heterocycles. The van der Waals surface area contributed by atoms with E-state index in [1.165, 1.54) is 6.07 Å². The minimum absolute atomic E-state index is 0.00722. The van der Waals surface area contributed by atoms with Crippen molar-refractivity contribution in [2.24, 2.45) is 10.9 Å². The maximum absolute atomic E-state index is 13.2. The van der Waals surface area contributed by atoms with E-state index < -0.39 is 16.8 Å². The van der Waals surface area contributed by atoms with Crippen LogP contribution in [0.4, 0.5) is 5.69 Å². The van der Waals surface area contributed by atoms with Crippen LogP contribution in [0.5, 0.6) is 0 Å². The van der Waals surface area contributed by atoms with Crippen molar-refractivity contribution in [1.29, 1.82) is 0 Å². The third-order valence-corrected chi connectivity index (χ3v) is 5.63. The highest BCUT2D eigenvalue weighted by Crippen LogP contribution is 2.51. The predicted molar refractivity (Wildman–Crippen MR) is 98.7 cm³/mol. The maximum atomic E-state index is 13.2. The third kappa shape index (κ3) is 2.10. The van der Waals surface area contributed by atoms with Crippen molar-refractivity contribution >= 4 is 28.7 Å². The smallest absolute Gasteiger partial charge is 0.273 e. The number of aliphatic imine (C=N–C) groups is 1. The summed E-state index contributed by atoms with van der Waals surface area (Å²) in [6.07, 6.45) is 0.894. The molecule has 0 aromatic heterocycles. The highest BCUT2D eigenvalue weighted by molar-refractivity contribution is 6.26. The molecule has 1 fully saturated rings. The number of carbonyl (C=O) groups excluding carboxylic acids is 2. The van der Waals surface area contributed by atoms with Gasteiger partial charge in [0.25, 0.3) is 5.69 Å². The van der Waals surface area contributed by atoms with Crippen LogP contribution in [0.25, 0.3) is 5.70 Å². The first-order valence-electron chi connectivity index (χ1n) is 8.79. The van der Waals surface area contributed by atoms with E-state index in [-0.39, 0.29) is 17.3 Å². The van der Waals surface area contributed by atoms with Gasteiger partial charge in [0, 0.05) is 46.4 Å². The quantitative estimate of drug-likeness (QED) is 0.604. The van der Waals surface area contributed by atoms with Gasteiger partial charge in [-0.05, 0) is 6.42 Å². The topological polar surface area (TPSA) is 89.6 Å². The SMILES string of the molecule is O=C1C2=C(N=C3CCC(=O)C3C2c2ccccc2[N+](=O)[O-])c2ccccc21. The molecule has 1 saturated carbocycles. The first kappa shape index (κ1) is 15.8. The number of benzene rings is 2. The van der Waals surface area contributed by atoms with Crippen molar-refractivity contribution in [3.05, 3.63) is 80.9 Å². The molecule has 6 heteroatoms. The van der Waals surface area contributed by atoms with Gasteiger partial charge in [-0.3, -0.25) is 24.7 Å². The zero-order valence-corrected chi connectivity index (χ0v) is 14.2. The second-order valence-electron chi connectivity index (χ2n) is 6.98. The number of rotatable bonds is 2. The van der Waals surface area contributed by atoms with E-state index in [4.69, 9.17) is 0 Å². The van der Waals surface area contributed by atoms with Gasteiger partial charge >= 0.3 is 0 Å². The van der Waals surface area contributed by atoms with Gasteiger partial charge in [-0.2, -0.15) is 0 Å². The molecule has 2 unspecified atom stereocenters. The van der Waals surface area contributed by atoms with Crippen LogP contribution in [0.1, 0.15) is 40.2 Å². The summed E-state index contributed by atoms with van der Waals surface area (Å²) in [7, 11) is 0. The van der Waals surface area contributed by atoms with E-state index in [2.05, 4.69) is 4.99 Å². The van der Waals surface area contributed by atoms with Crippen LogP contribution >= 0.6 is 0 Å². The van der Waals surface area contributed by atoms with E-state index in [0.29, 0.717) is 35.2 Å². The molecule has 2 aliphatic carbocycles. The molecule has 0 spiro atoms. The number of para-hydroxylation sites is 1. The lowest BCUT2D eigenvalue weighted by molar-refractivity contribution is -0.385. The summed E-state index contributed by atoms with van der Waals surface area (Å²) in [4.78, 5) is 41.7. The van der Waals surface area contributed by atoms with Crippen LogP contribution in [-0.4, -0.2) is 22.2 Å². The Morgan fingerprint density at radius 3 is 2.41 bits per heavy atom. The Balaban J connectivity index is 1.80. The first-order chi connectivity index (χ1) is 13.1. The van der Waals surface area contributed by atoms with Crippen molar-refractivity contribution in [2.45, 2.75) is 18.8 Å². The highest BCUT2D eigenvalue weighted by atomic mass is 16.6. The largest absolute Gasteiger partial charge is 0.299 e. The van der Waals surface area contributed by atoms with Gasteiger partial charge in [0.15, 0.2) is 5.78 Å². The molecule has 2 atom stereocenters. The average molecular weight is 358 g/mol. The number of hydrogen-bond donors (Lipinski definition) is 0. The second-order valence-corrected chi connectivity index (χ2v) is 6.98. The van der Waals surface area contributed by atoms with Crippen LogP contribution in [-0.2, 0) is 4.79 Å². The molecule has 6 nitrogen and oxygen atoms in total. The molecule has 132 valence electrons. The van der Waals surface area contributed by atoms with Gasteiger partial charge in [0.1, 0.15) is 5.78 Å². The molecule has 3 aliphatic rings. The molecular formula is C21H14N2O4. The average Bonchev–Trinajstić information content (AvgIpc) is 3.19. The van der Waals surface area contributed by atoms with E-state index >= 15 is 0 Å². The van der Waals surface area contributed by atoms with Crippen molar-refractivity contribution in [3.63, 3.8) is 0 Å². The number of allylic oxidation sites excluding steroid dienone is 1. The molecule has 1 heterocycles.